The number of nitrogens with two attached hydrogens (primary N) is 1. The van der Waals surface area contributed by atoms with Crippen LogP contribution in [0.5, 0.6) is 0 Å². The molecule has 0 unspecified atom stereocenters. The summed E-state index contributed by atoms with van der Waals surface area (Å²) in [5, 5.41) is 11.9. The molecule has 17 heavy (non-hydrogen) atoms. The van der Waals surface area contributed by atoms with Crippen LogP contribution in [-0.2, 0) is 0 Å². The molecule has 0 aliphatic heterocycles. The molecule has 2 rings (SSSR count). The van der Waals surface area contributed by atoms with Gasteiger partial charge in [0.25, 0.3) is 0 Å². The molecule has 1 heterocycles. The van der Waals surface area contributed by atoms with Gasteiger partial charge in [0.2, 0.25) is 5.95 Å². The average molecular weight is 230 g/mol. The van der Waals surface area contributed by atoms with Crippen molar-refractivity contribution in [3.63, 3.8) is 0 Å². The molecule has 0 bridgehead atoms. The normalized spacial score (nSPS) is 9.88. The van der Waals surface area contributed by atoms with E-state index in [9.17, 15) is 4.79 Å². The number of benzene rings is 1. The van der Waals surface area contributed by atoms with Crippen molar-refractivity contribution in [2.24, 2.45) is 0 Å². The summed E-state index contributed by atoms with van der Waals surface area (Å²) < 4.78 is 0. The molecule has 6 heteroatoms. The number of carboxylic acids is 1. The number of carboxylic acid groups (broad SMARTS) is 1. The maximum Gasteiger partial charge on any atom is 0.337 e. The lowest BCUT2D eigenvalue weighted by atomic mass is 10.2. The van der Waals surface area contributed by atoms with Crippen LogP contribution in [0.3, 0.4) is 0 Å². The van der Waals surface area contributed by atoms with E-state index in [1.54, 1.807) is 24.3 Å². The standard InChI is InChI=1S/C11H10N4O2/c12-11-13-6-5-9(15-11)14-8-4-2-1-3-7(8)10(16)17/h1-6H,(H,16,17)(H3,12,13,14,15). The Labute approximate surface area is 97.1 Å². The van der Waals surface area contributed by atoms with Crippen LogP contribution in [-0.4, -0.2) is 21.0 Å². The number of para-hydroxylation sites is 1. The first kappa shape index (κ1) is 10.9. The van der Waals surface area contributed by atoms with Crippen LogP contribution >= 0.6 is 0 Å². The number of nitrogens with zero attached hydrogens (tertiary/aromatic N) is 2. The Balaban J connectivity index is 2.33. The summed E-state index contributed by atoms with van der Waals surface area (Å²) in [6.07, 6.45) is 1.49. The first-order chi connectivity index (χ1) is 8.16. The molecule has 1 aromatic heterocycles. The fraction of sp³-hybridized carbons (Fsp3) is 0. The highest BCUT2D eigenvalue weighted by molar-refractivity contribution is 5.94. The van der Waals surface area contributed by atoms with Crippen molar-refractivity contribution in [1.82, 2.24) is 9.97 Å². The number of aromatic nitrogens is 2. The van der Waals surface area contributed by atoms with Gasteiger partial charge in [-0.3, -0.25) is 0 Å². The van der Waals surface area contributed by atoms with Crippen LogP contribution in [0, 0.1) is 0 Å². The summed E-state index contributed by atoms with van der Waals surface area (Å²) >= 11 is 0. The van der Waals surface area contributed by atoms with Gasteiger partial charge >= 0.3 is 5.97 Å². The lowest BCUT2D eigenvalue weighted by Crippen LogP contribution is -2.04. The van der Waals surface area contributed by atoms with Gasteiger partial charge in [0.05, 0.1) is 11.3 Å². The summed E-state index contributed by atoms with van der Waals surface area (Å²) in [6.45, 7) is 0. The topological polar surface area (TPSA) is 101 Å². The Hall–Kier alpha value is -2.63. The van der Waals surface area contributed by atoms with Gasteiger partial charge in [0.1, 0.15) is 5.82 Å². The highest BCUT2D eigenvalue weighted by Crippen LogP contribution is 2.19. The van der Waals surface area contributed by atoms with Crippen LogP contribution in [0.15, 0.2) is 36.5 Å². The molecule has 0 radical (unpaired) electrons. The van der Waals surface area contributed by atoms with Gasteiger partial charge in [-0.25, -0.2) is 9.78 Å². The quantitative estimate of drug-likeness (QED) is 0.738. The molecule has 2 aromatic rings. The second kappa shape index (κ2) is 4.48. The fourth-order valence-corrected chi connectivity index (χ4v) is 1.36. The number of rotatable bonds is 3. The summed E-state index contributed by atoms with van der Waals surface area (Å²) in [4.78, 5) is 18.7. The van der Waals surface area contributed by atoms with E-state index >= 15 is 0 Å². The molecule has 0 amide bonds. The number of nitrogen functional groups attached to an aromatic ring is 1. The Kier molecular flexibility index (Phi) is 2.87. The summed E-state index contributed by atoms with van der Waals surface area (Å²) in [7, 11) is 0. The molecule has 6 nitrogen and oxygen atoms in total. The maximum atomic E-state index is 11.0. The molecule has 0 aliphatic carbocycles. The first-order valence-corrected chi connectivity index (χ1v) is 4.84. The number of hydrogen-bond acceptors (Lipinski definition) is 5. The molecular formula is C11H10N4O2. The predicted octanol–water partition coefficient (Wildman–Crippen LogP) is 1.50. The molecule has 0 saturated heterocycles. The van der Waals surface area contributed by atoms with E-state index in [2.05, 4.69) is 15.3 Å². The molecule has 4 N–H and O–H groups in total. The molecular weight excluding hydrogens is 220 g/mol. The third-order valence-electron chi connectivity index (χ3n) is 2.09. The Morgan fingerprint density at radius 1 is 1.29 bits per heavy atom. The van der Waals surface area contributed by atoms with Gasteiger partial charge in [0, 0.05) is 6.20 Å². The maximum absolute atomic E-state index is 11.0. The zero-order valence-corrected chi connectivity index (χ0v) is 8.79. The third-order valence-corrected chi connectivity index (χ3v) is 2.09. The fourth-order valence-electron chi connectivity index (χ4n) is 1.36. The van der Waals surface area contributed by atoms with E-state index in [1.165, 1.54) is 12.3 Å². The zero-order chi connectivity index (χ0) is 12.3. The van der Waals surface area contributed by atoms with Crippen molar-refractivity contribution in [2.45, 2.75) is 0 Å². The minimum atomic E-state index is -1.00. The Morgan fingerprint density at radius 3 is 2.76 bits per heavy atom. The Morgan fingerprint density at radius 2 is 2.06 bits per heavy atom. The highest BCUT2D eigenvalue weighted by Gasteiger charge is 2.09. The lowest BCUT2D eigenvalue weighted by Gasteiger charge is -2.08. The Bertz CT molecular complexity index is 557. The van der Waals surface area contributed by atoms with Crippen molar-refractivity contribution in [3.8, 4) is 0 Å². The van der Waals surface area contributed by atoms with Gasteiger partial charge in [0.15, 0.2) is 0 Å². The largest absolute Gasteiger partial charge is 0.478 e. The van der Waals surface area contributed by atoms with E-state index in [-0.39, 0.29) is 11.5 Å². The number of nitrogens with one attached hydrogen (secondary N) is 1. The number of carbonyl (C=O) groups is 1. The lowest BCUT2D eigenvalue weighted by molar-refractivity contribution is 0.0698. The van der Waals surface area contributed by atoms with Crippen molar-refractivity contribution < 1.29 is 9.90 Å². The van der Waals surface area contributed by atoms with Crippen molar-refractivity contribution in [1.29, 1.82) is 0 Å². The predicted molar refractivity (Wildman–Crippen MR) is 63.1 cm³/mol. The molecule has 0 saturated carbocycles. The molecule has 0 aliphatic rings. The van der Waals surface area contributed by atoms with Crippen LogP contribution in [0.25, 0.3) is 0 Å². The monoisotopic (exact) mass is 230 g/mol. The van der Waals surface area contributed by atoms with Gasteiger partial charge in [-0.2, -0.15) is 4.98 Å². The third kappa shape index (κ3) is 2.49. The second-order valence-corrected chi connectivity index (χ2v) is 3.28. The van der Waals surface area contributed by atoms with E-state index in [0.29, 0.717) is 11.5 Å². The van der Waals surface area contributed by atoms with Crippen LogP contribution in [0.1, 0.15) is 10.4 Å². The van der Waals surface area contributed by atoms with E-state index in [4.69, 9.17) is 10.8 Å². The van der Waals surface area contributed by atoms with E-state index < -0.39 is 5.97 Å². The number of hydrogen-bond donors (Lipinski definition) is 3. The molecule has 0 fully saturated rings. The summed E-state index contributed by atoms with van der Waals surface area (Å²) in [5.74, 6) is -0.427. The number of aromatic carboxylic acids is 1. The first-order valence-electron chi connectivity index (χ1n) is 4.84. The SMILES string of the molecule is Nc1nccc(Nc2ccccc2C(=O)O)n1. The molecule has 0 spiro atoms. The minimum Gasteiger partial charge on any atom is -0.478 e. The minimum absolute atomic E-state index is 0.128. The summed E-state index contributed by atoms with van der Waals surface area (Å²) in [5.41, 5.74) is 6.06. The average Bonchev–Trinajstić information content (AvgIpc) is 2.29. The van der Waals surface area contributed by atoms with Crippen LogP contribution in [0.4, 0.5) is 17.5 Å². The van der Waals surface area contributed by atoms with Gasteiger partial charge in [-0.05, 0) is 18.2 Å². The van der Waals surface area contributed by atoms with Crippen molar-refractivity contribution in [3.05, 3.63) is 42.1 Å². The zero-order valence-electron chi connectivity index (χ0n) is 8.79. The van der Waals surface area contributed by atoms with Crippen LogP contribution in [0.2, 0.25) is 0 Å². The molecule has 1 aromatic carbocycles. The van der Waals surface area contributed by atoms with Crippen LogP contribution < -0.4 is 11.1 Å². The van der Waals surface area contributed by atoms with Gasteiger partial charge < -0.3 is 16.2 Å². The van der Waals surface area contributed by atoms with Crippen molar-refractivity contribution in [2.75, 3.05) is 11.1 Å². The second-order valence-electron chi connectivity index (χ2n) is 3.28. The summed E-state index contributed by atoms with van der Waals surface area (Å²) in [6, 6.07) is 8.16. The van der Waals surface area contributed by atoms with Crippen molar-refractivity contribution >= 4 is 23.4 Å². The van der Waals surface area contributed by atoms with E-state index in [1.807, 2.05) is 0 Å². The van der Waals surface area contributed by atoms with Gasteiger partial charge in [-0.1, -0.05) is 12.1 Å². The number of anilines is 3. The molecule has 86 valence electrons. The molecule has 0 atom stereocenters. The highest BCUT2D eigenvalue weighted by atomic mass is 16.4. The smallest absolute Gasteiger partial charge is 0.337 e. The van der Waals surface area contributed by atoms with Gasteiger partial charge in [-0.15, -0.1) is 0 Å². The van der Waals surface area contributed by atoms with E-state index in [0.717, 1.165) is 0 Å².